The van der Waals surface area contributed by atoms with Gasteiger partial charge in [0.05, 0.1) is 34.7 Å². The van der Waals surface area contributed by atoms with E-state index < -0.39 is 16.8 Å². The van der Waals surface area contributed by atoms with Crippen molar-refractivity contribution >= 4 is 28.5 Å². The summed E-state index contributed by atoms with van der Waals surface area (Å²) >= 11 is 1.01. The Balaban J connectivity index is 2.68. The van der Waals surface area contributed by atoms with Crippen LogP contribution in [-0.2, 0) is 14.3 Å². The molecule has 0 aromatic heterocycles. The van der Waals surface area contributed by atoms with Crippen molar-refractivity contribution in [3.05, 3.63) is 62.5 Å². The number of thioether (sulfide) groups is 1. The number of hydrogen-bond acceptors (Lipinski definition) is 8. The Morgan fingerprint density at radius 1 is 1.43 bits per heavy atom. The second-order valence-corrected chi connectivity index (χ2v) is 7.11. The van der Waals surface area contributed by atoms with Gasteiger partial charge < -0.3 is 10.1 Å². The Kier molecular flexibility index (Phi) is 6.95. The number of rotatable bonds is 6. The molecule has 0 saturated heterocycles. The number of benzene rings is 1. The Morgan fingerprint density at radius 2 is 2.14 bits per heavy atom. The number of nitrogens with zero attached hydrogens (tertiary/aromatic N) is 2. The van der Waals surface area contributed by atoms with E-state index in [2.05, 4.69) is 11.4 Å². The number of nitro groups is 1. The van der Waals surface area contributed by atoms with Gasteiger partial charge in [0.25, 0.3) is 5.69 Å². The molecule has 1 heterocycles. The summed E-state index contributed by atoms with van der Waals surface area (Å²) in [7, 11) is 0. The molecule has 1 unspecified atom stereocenters. The van der Waals surface area contributed by atoms with Crippen LogP contribution in [-0.4, -0.2) is 28.4 Å². The summed E-state index contributed by atoms with van der Waals surface area (Å²) in [5, 5.41) is 23.8. The fourth-order valence-electron chi connectivity index (χ4n) is 2.93. The average molecular weight is 401 g/mol. The lowest BCUT2D eigenvalue weighted by Gasteiger charge is -2.29. The van der Waals surface area contributed by atoms with Crippen LogP contribution in [0.5, 0.6) is 0 Å². The van der Waals surface area contributed by atoms with Crippen molar-refractivity contribution in [3.8, 4) is 6.07 Å². The molecule has 1 aliphatic rings. The van der Waals surface area contributed by atoms with E-state index in [0.29, 0.717) is 17.0 Å². The summed E-state index contributed by atoms with van der Waals surface area (Å²) in [5.41, 5.74) is 1.70. The summed E-state index contributed by atoms with van der Waals surface area (Å²) in [4.78, 5) is 34.8. The largest absolute Gasteiger partial charge is 0.463 e. The summed E-state index contributed by atoms with van der Waals surface area (Å²) in [6.07, 6.45) is 0. The molecule has 28 heavy (non-hydrogen) atoms. The molecule has 0 bridgehead atoms. The van der Waals surface area contributed by atoms with E-state index in [1.54, 1.807) is 19.9 Å². The highest BCUT2D eigenvalue weighted by molar-refractivity contribution is 8.13. The molecule has 1 aliphatic heterocycles. The Hall–Kier alpha value is -3.12. The first-order valence-electron chi connectivity index (χ1n) is 8.45. The smallest absolute Gasteiger partial charge is 0.336 e. The van der Waals surface area contributed by atoms with Gasteiger partial charge in [0.1, 0.15) is 0 Å². The molecule has 9 heteroatoms. The number of nitro benzene ring substituents is 1. The minimum absolute atomic E-state index is 0.127. The molecule has 0 amide bonds. The lowest BCUT2D eigenvalue weighted by molar-refractivity contribution is -0.384. The van der Waals surface area contributed by atoms with Crippen LogP contribution in [0.2, 0.25) is 0 Å². The molecular formula is C19H19N3O5S. The third kappa shape index (κ3) is 4.58. The molecule has 1 aromatic carbocycles. The molecule has 1 aromatic rings. The lowest BCUT2D eigenvalue weighted by Crippen LogP contribution is -2.31. The monoisotopic (exact) mass is 401 g/mol. The van der Waals surface area contributed by atoms with Crippen LogP contribution < -0.4 is 5.32 Å². The highest BCUT2D eigenvalue weighted by Gasteiger charge is 2.36. The van der Waals surface area contributed by atoms with Gasteiger partial charge in [-0.2, -0.15) is 5.26 Å². The quantitative estimate of drug-likeness (QED) is 0.438. The first kappa shape index (κ1) is 21.2. The van der Waals surface area contributed by atoms with Crippen LogP contribution in [0.4, 0.5) is 5.69 Å². The fraction of sp³-hybridized carbons (Fsp3) is 0.316. The zero-order valence-corrected chi connectivity index (χ0v) is 16.5. The highest BCUT2D eigenvalue weighted by atomic mass is 32.2. The highest BCUT2D eigenvalue weighted by Crippen LogP contribution is 2.39. The van der Waals surface area contributed by atoms with Gasteiger partial charge in [-0.05, 0) is 19.4 Å². The van der Waals surface area contributed by atoms with Crippen molar-refractivity contribution < 1.29 is 19.2 Å². The molecule has 0 fully saturated rings. The van der Waals surface area contributed by atoms with Crippen LogP contribution in [0.25, 0.3) is 0 Å². The van der Waals surface area contributed by atoms with Crippen molar-refractivity contribution in [1.82, 2.24) is 5.32 Å². The number of allylic oxidation sites excluding steroid dienone is 2. The molecule has 1 N–H and O–H groups in total. The number of carbonyl (C=O) groups is 2. The molecule has 1 atom stereocenters. The summed E-state index contributed by atoms with van der Waals surface area (Å²) in [6.45, 7) is 4.89. The van der Waals surface area contributed by atoms with E-state index in [0.717, 1.165) is 11.8 Å². The van der Waals surface area contributed by atoms with Gasteiger partial charge in [-0.15, -0.1) is 0 Å². The second-order valence-electron chi connectivity index (χ2n) is 5.95. The number of nitrogens with one attached hydrogen (secondary N) is 1. The zero-order chi connectivity index (χ0) is 20.8. The van der Waals surface area contributed by atoms with Gasteiger partial charge in [0.15, 0.2) is 5.12 Å². The first-order chi connectivity index (χ1) is 13.3. The summed E-state index contributed by atoms with van der Waals surface area (Å²) in [5.74, 6) is -1.27. The van der Waals surface area contributed by atoms with E-state index in [-0.39, 0.29) is 34.3 Å². The number of hydrogen-bond donors (Lipinski definition) is 1. The van der Waals surface area contributed by atoms with Crippen LogP contribution in [0, 0.1) is 21.4 Å². The molecular weight excluding hydrogens is 382 g/mol. The van der Waals surface area contributed by atoms with Crippen LogP contribution in [0.1, 0.15) is 32.3 Å². The third-order valence-electron chi connectivity index (χ3n) is 4.09. The van der Waals surface area contributed by atoms with Gasteiger partial charge in [-0.1, -0.05) is 23.9 Å². The van der Waals surface area contributed by atoms with Crippen LogP contribution in [0.15, 0.2) is 46.8 Å². The average Bonchev–Trinajstić information content (AvgIpc) is 2.65. The minimum atomic E-state index is -0.826. The maximum atomic E-state index is 12.7. The van der Waals surface area contributed by atoms with Gasteiger partial charge >= 0.3 is 5.97 Å². The van der Waals surface area contributed by atoms with Gasteiger partial charge in [-0.3, -0.25) is 14.9 Å². The molecule has 0 aliphatic carbocycles. The van der Waals surface area contributed by atoms with Gasteiger partial charge in [-0.25, -0.2) is 4.79 Å². The van der Waals surface area contributed by atoms with Crippen molar-refractivity contribution in [1.29, 1.82) is 5.26 Å². The topological polar surface area (TPSA) is 122 Å². The Morgan fingerprint density at radius 3 is 2.71 bits per heavy atom. The van der Waals surface area contributed by atoms with E-state index in [4.69, 9.17) is 4.74 Å². The van der Waals surface area contributed by atoms with Crippen molar-refractivity contribution in [2.45, 2.75) is 26.7 Å². The van der Waals surface area contributed by atoms with Gasteiger partial charge in [0.2, 0.25) is 0 Å². The number of nitriles is 1. The molecule has 0 saturated carbocycles. The second kappa shape index (κ2) is 9.19. The zero-order valence-electron chi connectivity index (χ0n) is 15.6. The standard InChI is InChI=1S/C19H19N3O5S/c1-4-27-19(24)18-16(10-28-12(3)23)21-11(2)15(9-20)17(18)13-6-5-7-14(8-13)22(25)26/h5-8,17,21H,4,10H2,1-3H3. The molecule has 8 nitrogen and oxygen atoms in total. The SMILES string of the molecule is CCOC(=O)C1=C(CSC(C)=O)NC(C)=C(C#N)C1c1cccc([N+](=O)[O-])c1. The maximum Gasteiger partial charge on any atom is 0.336 e. The van der Waals surface area contributed by atoms with Gasteiger partial charge in [0, 0.05) is 36.2 Å². The molecule has 146 valence electrons. The normalized spacial score (nSPS) is 16.3. The lowest BCUT2D eigenvalue weighted by atomic mass is 9.81. The number of dihydropyridines is 1. The van der Waals surface area contributed by atoms with Crippen molar-refractivity contribution in [3.63, 3.8) is 0 Å². The number of non-ortho nitro benzene ring substituents is 1. The Bertz CT molecular complexity index is 930. The van der Waals surface area contributed by atoms with E-state index >= 15 is 0 Å². The predicted octanol–water partition coefficient (Wildman–Crippen LogP) is 3.18. The minimum Gasteiger partial charge on any atom is -0.463 e. The number of ether oxygens (including phenoxy) is 1. The van der Waals surface area contributed by atoms with Crippen LogP contribution in [0.3, 0.4) is 0 Å². The van der Waals surface area contributed by atoms with E-state index in [9.17, 15) is 25.0 Å². The van der Waals surface area contributed by atoms with Crippen molar-refractivity contribution in [2.24, 2.45) is 0 Å². The first-order valence-corrected chi connectivity index (χ1v) is 9.44. The Labute approximate surface area is 166 Å². The molecule has 2 rings (SSSR count). The third-order valence-corrected chi connectivity index (χ3v) is 4.93. The maximum absolute atomic E-state index is 12.7. The van der Waals surface area contributed by atoms with Crippen molar-refractivity contribution in [2.75, 3.05) is 12.4 Å². The van der Waals surface area contributed by atoms with Crippen LogP contribution >= 0.6 is 11.8 Å². The summed E-state index contributed by atoms with van der Waals surface area (Å²) < 4.78 is 5.18. The molecule has 0 radical (unpaired) electrons. The number of esters is 1. The molecule has 0 spiro atoms. The fourth-order valence-corrected chi connectivity index (χ4v) is 3.51. The van der Waals surface area contributed by atoms with E-state index in [1.807, 2.05) is 0 Å². The summed E-state index contributed by atoms with van der Waals surface area (Å²) in [6, 6.07) is 7.91. The number of carbonyl (C=O) groups excluding carboxylic acids is 2. The van der Waals surface area contributed by atoms with E-state index in [1.165, 1.54) is 25.1 Å². The predicted molar refractivity (Wildman–Crippen MR) is 104 cm³/mol.